The number of benzene rings is 3. The molecule has 6 heterocycles. The number of halogens is 3. The third-order valence-electron chi connectivity index (χ3n) is 13.4. The van der Waals surface area contributed by atoms with Crippen molar-refractivity contribution in [2.24, 2.45) is 11.8 Å². The summed E-state index contributed by atoms with van der Waals surface area (Å²) in [6, 6.07) is 14.8. The number of hydrogen-bond acceptors (Lipinski definition) is 10. The van der Waals surface area contributed by atoms with Gasteiger partial charge in [-0.1, -0.05) is 45.9 Å². The molecule has 1 unspecified atom stereocenters. The Morgan fingerprint density at radius 3 is 1.90 bits per heavy atom. The number of aromatic nitrogens is 5. The Kier molecular flexibility index (Phi) is 13.5. The molecule has 0 radical (unpaired) electrons. The monoisotopic (exact) mass is 979 g/mol. The van der Waals surface area contributed by atoms with Crippen LogP contribution in [0, 0.1) is 17.7 Å². The third-order valence-corrected chi connectivity index (χ3v) is 13.4. The van der Waals surface area contributed by atoms with Gasteiger partial charge in [-0.15, -0.1) is 0 Å². The first-order chi connectivity index (χ1) is 34.1. The molecule has 17 nitrogen and oxygen atoms in total. The van der Waals surface area contributed by atoms with Crippen molar-refractivity contribution < 1.29 is 51.3 Å². The number of alkyl carbamates (subject to hydrolysis) is 2. The standard InChI is InChI=1S/C51H56F3N9O8/c1-8-70-33-11-9-10-28(15-33)49-63-37-13-12-27(35-21-55-45(57-35)39-19-31(52)23-61(39)47(64)43(25(2)3)59-50(66)68-6)14-30(37)17-38(63)42-34(54)16-29(18-41(42)71-49)36-22-56-46(58-36)40-20-32(53)24-62(40)48(65)44(26(4)5)60-51(67)69-7/h9-18,21-22,25-26,31-32,39-40,43-44,49H,8,19-20,23-24H2,1-7H3,(H,55,57)(H,56,58)(H,59,66)(H,60,67)/t31-,32-,39+,40+,43+,44+,49?/m1/s1. The molecule has 20 heteroatoms. The lowest BCUT2D eigenvalue weighted by Crippen LogP contribution is -2.51. The first-order valence-electron chi connectivity index (χ1n) is 23.6. The van der Waals surface area contributed by atoms with Gasteiger partial charge in [-0.3, -0.25) is 9.59 Å². The quantitative estimate of drug-likeness (QED) is 0.0870. The number of nitrogens with zero attached hydrogens (tertiary/aromatic N) is 5. The van der Waals surface area contributed by atoms with Crippen LogP contribution in [0.4, 0.5) is 22.8 Å². The summed E-state index contributed by atoms with van der Waals surface area (Å²) >= 11 is 0. The summed E-state index contributed by atoms with van der Waals surface area (Å²) in [5, 5.41) is 5.90. The Morgan fingerprint density at radius 1 is 0.775 bits per heavy atom. The zero-order valence-electron chi connectivity index (χ0n) is 40.3. The number of rotatable bonds is 13. The molecule has 71 heavy (non-hydrogen) atoms. The Bertz CT molecular complexity index is 2990. The van der Waals surface area contributed by atoms with Crippen LogP contribution in [0.25, 0.3) is 44.7 Å². The van der Waals surface area contributed by atoms with Crippen LogP contribution in [-0.4, -0.2) is 117 Å². The predicted molar refractivity (Wildman–Crippen MR) is 255 cm³/mol. The molecule has 0 spiro atoms. The average molecular weight is 980 g/mol. The molecule has 0 saturated carbocycles. The van der Waals surface area contributed by atoms with Crippen LogP contribution in [0.5, 0.6) is 11.5 Å². The molecule has 0 aliphatic carbocycles. The second-order valence-corrected chi connectivity index (χ2v) is 18.7. The van der Waals surface area contributed by atoms with Crippen LogP contribution in [0.15, 0.2) is 73.1 Å². The van der Waals surface area contributed by atoms with Gasteiger partial charge in [0.2, 0.25) is 18.0 Å². The summed E-state index contributed by atoms with van der Waals surface area (Å²) in [5.41, 5.74) is 4.34. The number of nitrogens with one attached hydrogen (secondary N) is 4. The van der Waals surface area contributed by atoms with E-state index in [1.165, 1.54) is 36.3 Å². The van der Waals surface area contributed by atoms with E-state index in [9.17, 15) is 19.2 Å². The lowest BCUT2D eigenvalue weighted by molar-refractivity contribution is -0.136. The lowest BCUT2D eigenvalue weighted by atomic mass is 10.0. The van der Waals surface area contributed by atoms with Crippen LogP contribution >= 0.6 is 0 Å². The Morgan fingerprint density at radius 2 is 1.35 bits per heavy atom. The predicted octanol–water partition coefficient (Wildman–Crippen LogP) is 8.55. The Hall–Kier alpha value is -7.51. The zero-order valence-corrected chi connectivity index (χ0v) is 40.3. The summed E-state index contributed by atoms with van der Waals surface area (Å²) in [4.78, 5) is 70.3. The second kappa shape index (κ2) is 19.7. The van der Waals surface area contributed by atoms with Gasteiger partial charge in [0, 0.05) is 34.9 Å². The van der Waals surface area contributed by atoms with E-state index in [4.69, 9.17) is 18.9 Å². The van der Waals surface area contributed by atoms with Gasteiger partial charge in [-0.2, -0.15) is 0 Å². The number of carbonyl (C=O) groups excluding carboxylic acids is 4. The normalized spacial score (nSPS) is 20.4. The molecule has 3 aromatic carbocycles. The van der Waals surface area contributed by atoms with Crippen molar-refractivity contribution in [2.45, 2.75) is 90.2 Å². The van der Waals surface area contributed by atoms with E-state index in [0.717, 1.165) is 22.0 Å². The number of aromatic amines is 2. The molecule has 3 aromatic heterocycles. The second-order valence-electron chi connectivity index (χ2n) is 18.7. The number of alkyl halides is 2. The summed E-state index contributed by atoms with van der Waals surface area (Å²) in [6.07, 6.45) is -1.87. The fourth-order valence-corrected chi connectivity index (χ4v) is 9.88. The van der Waals surface area contributed by atoms with Crippen molar-refractivity contribution in [3.63, 3.8) is 0 Å². The minimum atomic E-state index is -1.34. The van der Waals surface area contributed by atoms with E-state index in [1.54, 1.807) is 40.0 Å². The third kappa shape index (κ3) is 9.34. The first kappa shape index (κ1) is 48.5. The highest BCUT2D eigenvalue weighted by atomic mass is 19.1. The number of hydrogen-bond donors (Lipinski definition) is 4. The molecule has 4 N–H and O–H groups in total. The molecule has 9 rings (SSSR count). The molecule has 374 valence electrons. The summed E-state index contributed by atoms with van der Waals surface area (Å²) in [7, 11) is 2.41. The molecule has 2 saturated heterocycles. The molecule has 2 fully saturated rings. The van der Waals surface area contributed by atoms with Gasteiger partial charge in [0.1, 0.15) is 53.4 Å². The van der Waals surface area contributed by atoms with E-state index in [-0.39, 0.29) is 49.1 Å². The number of imidazole rings is 2. The summed E-state index contributed by atoms with van der Waals surface area (Å²) in [6.45, 7) is 9.06. The van der Waals surface area contributed by atoms with E-state index < -0.39 is 72.6 Å². The maximum absolute atomic E-state index is 16.9. The minimum absolute atomic E-state index is 0.0171. The smallest absolute Gasteiger partial charge is 0.407 e. The van der Waals surface area contributed by atoms with Crippen molar-refractivity contribution in [3.05, 3.63) is 96.1 Å². The fraction of sp³-hybridized carbons (Fsp3) is 0.412. The maximum atomic E-state index is 16.9. The van der Waals surface area contributed by atoms with Crippen LogP contribution in [-0.2, 0) is 19.1 Å². The molecule has 3 aliphatic heterocycles. The summed E-state index contributed by atoms with van der Waals surface area (Å²) in [5.74, 6) is -0.590. The number of carbonyl (C=O) groups is 4. The van der Waals surface area contributed by atoms with Crippen molar-refractivity contribution in [3.8, 4) is 45.3 Å². The van der Waals surface area contributed by atoms with Crippen LogP contribution in [0.1, 0.15) is 83.0 Å². The highest BCUT2D eigenvalue weighted by Gasteiger charge is 2.43. The molecule has 4 amide bonds. The van der Waals surface area contributed by atoms with Gasteiger partial charge in [0.05, 0.1) is 86.6 Å². The van der Waals surface area contributed by atoms with Gasteiger partial charge in [0.15, 0.2) is 0 Å². The van der Waals surface area contributed by atoms with E-state index in [0.29, 0.717) is 46.7 Å². The van der Waals surface area contributed by atoms with Crippen LogP contribution in [0.2, 0.25) is 0 Å². The highest BCUT2D eigenvalue weighted by Crippen LogP contribution is 2.48. The SMILES string of the molecule is CCOc1cccc(C2Oc3cc(-c4cnc([C@@H]5C[C@@H](F)CN5C(=O)[C@@H](NC(=O)OC)C(C)C)[nH]4)cc(F)c3-c3cc4cc(-c5cnc([C@@H]6C[C@@H](F)CN6C(=O)[C@@H](NC(=O)OC)C(C)C)[nH]5)ccc4n32)c1. The molecule has 7 atom stereocenters. The highest BCUT2D eigenvalue weighted by molar-refractivity contribution is 5.93. The van der Waals surface area contributed by atoms with Crippen molar-refractivity contribution >= 4 is 34.9 Å². The van der Waals surface area contributed by atoms with Gasteiger partial charge >= 0.3 is 12.2 Å². The van der Waals surface area contributed by atoms with E-state index in [2.05, 4.69) is 30.6 Å². The Balaban J connectivity index is 1.05. The van der Waals surface area contributed by atoms with Gasteiger partial charge in [-0.05, 0) is 61.2 Å². The Labute approximate surface area is 407 Å². The van der Waals surface area contributed by atoms with E-state index in [1.807, 2.05) is 60.0 Å². The number of methoxy groups -OCH3 is 2. The van der Waals surface area contributed by atoms with Gasteiger partial charge in [-0.25, -0.2) is 32.7 Å². The maximum Gasteiger partial charge on any atom is 0.407 e. The van der Waals surface area contributed by atoms with Crippen molar-refractivity contribution in [1.82, 2.24) is 44.9 Å². The molecular formula is C51H56F3N9O8. The molecular weight excluding hydrogens is 924 g/mol. The number of likely N-dealkylation sites (tertiary alicyclic amines) is 2. The topological polar surface area (TPSA) is 198 Å². The van der Waals surface area contributed by atoms with E-state index >= 15 is 13.2 Å². The molecule has 3 aliphatic rings. The van der Waals surface area contributed by atoms with Gasteiger partial charge < -0.3 is 53.9 Å². The average Bonchev–Trinajstić information content (AvgIpc) is 4.21. The van der Waals surface area contributed by atoms with Crippen molar-refractivity contribution in [2.75, 3.05) is 33.9 Å². The van der Waals surface area contributed by atoms with Gasteiger partial charge in [0.25, 0.3) is 0 Å². The number of ether oxygens (including phenoxy) is 4. The number of fused-ring (bicyclic) bond motifs is 5. The van der Waals surface area contributed by atoms with Crippen LogP contribution < -0.4 is 20.1 Å². The zero-order chi connectivity index (χ0) is 50.4. The summed E-state index contributed by atoms with van der Waals surface area (Å²) < 4.78 is 71.2. The molecule has 0 bridgehead atoms. The molecule has 6 aromatic rings. The van der Waals surface area contributed by atoms with Crippen LogP contribution in [0.3, 0.4) is 0 Å². The number of H-pyrrole nitrogens is 2. The number of amides is 4. The minimum Gasteiger partial charge on any atom is -0.494 e. The van der Waals surface area contributed by atoms with Crippen molar-refractivity contribution in [1.29, 1.82) is 0 Å². The lowest BCUT2D eigenvalue weighted by Gasteiger charge is -2.31. The fourth-order valence-electron chi connectivity index (χ4n) is 9.88. The first-order valence-corrected chi connectivity index (χ1v) is 23.6. The largest absolute Gasteiger partial charge is 0.494 e.